The number of nitrogens with one attached hydrogen (secondary N) is 1. The van der Waals surface area contributed by atoms with Crippen molar-refractivity contribution in [3.63, 3.8) is 0 Å². The summed E-state index contributed by atoms with van der Waals surface area (Å²) < 4.78 is 11.1. The van der Waals surface area contributed by atoms with E-state index in [9.17, 15) is 13.8 Å². The van der Waals surface area contributed by atoms with Crippen LogP contribution in [0.3, 0.4) is 0 Å². The Kier molecular flexibility index (Phi) is 6.65. The summed E-state index contributed by atoms with van der Waals surface area (Å²) >= 11 is 0. The van der Waals surface area contributed by atoms with Crippen molar-refractivity contribution in [3.05, 3.63) is 0 Å². The van der Waals surface area contributed by atoms with Crippen LogP contribution in [0.5, 0.6) is 0 Å². The van der Waals surface area contributed by atoms with Crippen LogP contribution in [0.25, 0.3) is 0 Å². The molecule has 116 valence electrons. The lowest BCUT2D eigenvalue weighted by Gasteiger charge is -2.35. The van der Waals surface area contributed by atoms with E-state index in [2.05, 4.69) is 5.32 Å². The summed E-state index contributed by atoms with van der Waals surface area (Å²) in [6.07, 6.45) is 6.66. The van der Waals surface area contributed by atoms with Crippen LogP contribution in [0, 0.1) is 5.41 Å². The third kappa shape index (κ3) is 6.03. The summed E-state index contributed by atoms with van der Waals surface area (Å²) in [5, 5.41) is 11.9. The summed E-state index contributed by atoms with van der Waals surface area (Å²) in [6, 6.07) is -0.140. The van der Waals surface area contributed by atoms with E-state index < -0.39 is 16.8 Å². The first-order valence-electron chi connectivity index (χ1n) is 7.14. The Bertz CT molecular complexity index is 377. The molecule has 1 amide bonds. The number of carboxylic acids is 1. The van der Waals surface area contributed by atoms with E-state index in [1.54, 1.807) is 6.26 Å². The minimum absolute atomic E-state index is 0.0640. The van der Waals surface area contributed by atoms with Gasteiger partial charge in [-0.25, -0.2) is 0 Å². The largest absolute Gasteiger partial charge is 0.481 e. The van der Waals surface area contributed by atoms with E-state index in [0.29, 0.717) is 5.75 Å². The zero-order valence-electron chi connectivity index (χ0n) is 12.3. The van der Waals surface area contributed by atoms with Crippen LogP contribution in [0.15, 0.2) is 0 Å². The Labute approximate surface area is 123 Å². The van der Waals surface area contributed by atoms with Crippen molar-refractivity contribution in [2.24, 2.45) is 5.41 Å². The van der Waals surface area contributed by atoms with Crippen LogP contribution in [0.2, 0.25) is 0 Å². The molecule has 0 bridgehead atoms. The lowest BCUT2D eigenvalue weighted by Crippen LogP contribution is -2.40. The summed E-state index contributed by atoms with van der Waals surface area (Å²) in [4.78, 5) is 23.1. The van der Waals surface area contributed by atoms with Gasteiger partial charge in [0.15, 0.2) is 0 Å². The van der Waals surface area contributed by atoms with Crippen molar-refractivity contribution in [3.8, 4) is 0 Å². The molecular weight excluding hydrogens is 278 g/mol. The Morgan fingerprint density at radius 1 is 1.25 bits per heavy atom. The minimum atomic E-state index is -0.947. The number of hydrogen-bond acceptors (Lipinski definition) is 3. The van der Waals surface area contributed by atoms with E-state index in [1.807, 2.05) is 6.92 Å². The first-order valence-corrected chi connectivity index (χ1v) is 8.87. The summed E-state index contributed by atoms with van der Waals surface area (Å²) in [6.45, 7) is 1.82. The maximum atomic E-state index is 12.1. The molecule has 0 spiro atoms. The topological polar surface area (TPSA) is 83.5 Å². The SMILES string of the molecule is CC(CS(C)=O)NC(=O)CC1(CC(=O)O)CCCCC1. The van der Waals surface area contributed by atoms with Crippen molar-refractivity contribution in [1.82, 2.24) is 5.32 Å². The fraction of sp³-hybridized carbons (Fsp3) is 0.857. The second-order valence-electron chi connectivity index (χ2n) is 6.02. The molecule has 0 heterocycles. The molecule has 0 aromatic rings. The second-order valence-corrected chi connectivity index (χ2v) is 7.50. The Morgan fingerprint density at radius 3 is 2.35 bits per heavy atom. The standard InChI is InChI=1S/C14H25NO4S/c1-11(10-20(2)19)15-12(16)8-14(9-13(17)18)6-4-3-5-7-14/h11H,3-10H2,1-2H3,(H,15,16)(H,17,18). The first kappa shape index (κ1) is 17.1. The van der Waals surface area contributed by atoms with Gasteiger partial charge in [0, 0.05) is 35.3 Å². The molecule has 0 radical (unpaired) electrons. The lowest BCUT2D eigenvalue weighted by molar-refractivity contribution is -0.141. The van der Waals surface area contributed by atoms with Crippen LogP contribution >= 0.6 is 0 Å². The van der Waals surface area contributed by atoms with Gasteiger partial charge in [-0.2, -0.15) is 0 Å². The molecule has 6 heteroatoms. The summed E-state index contributed by atoms with van der Waals surface area (Å²) in [7, 11) is -0.947. The normalized spacial score (nSPS) is 20.9. The van der Waals surface area contributed by atoms with Crippen LogP contribution in [-0.2, 0) is 20.4 Å². The fourth-order valence-electron chi connectivity index (χ4n) is 3.10. The van der Waals surface area contributed by atoms with Gasteiger partial charge in [0.25, 0.3) is 0 Å². The van der Waals surface area contributed by atoms with E-state index >= 15 is 0 Å². The lowest BCUT2D eigenvalue weighted by atomic mass is 9.69. The Morgan fingerprint density at radius 2 is 1.85 bits per heavy atom. The third-order valence-electron chi connectivity index (χ3n) is 3.87. The molecule has 0 saturated heterocycles. The van der Waals surface area contributed by atoms with Crippen molar-refractivity contribution in [2.45, 2.75) is 57.9 Å². The van der Waals surface area contributed by atoms with Gasteiger partial charge in [0.2, 0.25) is 5.91 Å². The quantitative estimate of drug-likeness (QED) is 0.749. The molecule has 0 aromatic heterocycles. The maximum Gasteiger partial charge on any atom is 0.303 e. The van der Waals surface area contributed by atoms with Gasteiger partial charge in [-0.3, -0.25) is 13.8 Å². The smallest absolute Gasteiger partial charge is 0.303 e. The van der Waals surface area contributed by atoms with Gasteiger partial charge < -0.3 is 10.4 Å². The molecule has 1 fully saturated rings. The van der Waals surface area contributed by atoms with E-state index in [4.69, 9.17) is 5.11 Å². The molecule has 1 aliphatic rings. The number of carbonyl (C=O) groups is 2. The monoisotopic (exact) mass is 303 g/mol. The van der Waals surface area contributed by atoms with Crippen molar-refractivity contribution >= 4 is 22.7 Å². The summed E-state index contributed by atoms with van der Waals surface area (Å²) in [5.41, 5.74) is -0.390. The predicted molar refractivity (Wildman–Crippen MR) is 78.9 cm³/mol. The van der Waals surface area contributed by atoms with Gasteiger partial charge in [0.1, 0.15) is 0 Å². The molecule has 0 aromatic carbocycles. The van der Waals surface area contributed by atoms with Crippen LogP contribution < -0.4 is 5.32 Å². The van der Waals surface area contributed by atoms with Crippen LogP contribution in [0.1, 0.15) is 51.9 Å². The predicted octanol–water partition coefficient (Wildman–Crippen LogP) is 1.68. The fourth-order valence-corrected chi connectivity index (χ4v) is 3.89. The molecule has 2 N–H and O–H groups in total. The highest BCUT2D eigenvalue weighted by Crippen LogP contribution is 2.42. The number of carboxylic acid groups (broad SMARTS) is 1. The third-order valence-corrected chi connectivity index (χ3v) is 4.84. The van der Waals surface area contributed by atoms with Crippen LogP contribution in [0.4, 0.5) is 0 Å². The van der Waals surface area contributed by atoms with E-state index in [-0.39, 0.29) is 30.2 Å². The first-order chi connectivity index (χ1) is 9.33. The Hall–Kier alpha value is -0.910. The zero-order valence-corrected chi connectivity index (χ0v) is 13.1. The maximum absolute atomic E-state index is 12.1. The van der Waals surface area contributed by atoms with E-state index in [1.165, 1.54) is 0 Å². The number of amides is 1. The number of rotatable bonds is 7. The van der Waals surface area contributed by atoms with Crippen molar-refractivity contribution in [1.29, 1.82) is 0 Å². The van der Waals surface area contributed by atoms with Crippen molar-refractivity contribution < 1.29 is 18.9 Å². The Balaban J connectivity index is 2.58. The van der Waals surface area contributed by atoms with Gasteiger partial charge in [-0.1, -0.05) is 19.3 Å². The minimum Gasteiger partial charge on any atom is -0.481 e. The molecule has 1 aliphatic carbocycles. The molecule has 0 aliphatic heterocycles. The van der Waals surface area contributed by atoms with Gasteiger partial charge in [-0.15, -0.1) is 0 Å². The highest BCUT2D eigenvalue weighted by atomic mass is 32.2. The molecular formula is C14H25NO4S. The van der Waals surface area contributed by atoms with Gasteiger partial charge >= 0.3 is 5.97 Å². The molecule has 2 atom stereocenters. The molecule has 1 rings (SSSR count). The molecule has 5 nitrogen and oxygen atoms in total. The number of carbonyl (C=O) groups excluding carboxylic acids is 1. The zero-order chi connectivity index (χ0) is 15.2. The number of hydrogen-bond donors (Lipinski definition) is 2. The molecule has 2 unspecified atom stereocenters. The number of aliphatic carboxylic acids is 1. The van der Waals surface area contributed by atoms with Crippen LogP contribution in [-0.4, -0.2) is 39.2 Å². The average Bonchev–Trinajstić information content (AvgIpc) is 2.26. The highest BCUT2D eigenvalue weighted by Gasteiger charge is 2.36. The highest BCUT2D eigenvalue weighted by molar-refractivity contribution is 7.84. The summed E-state index contributed by atoms with van der Waals surface area (Å²) in [5.74, 6) is -0.522. The van der Waals surface area contributed by atoms with E-state index in [0.717, 1.165) is 32.1 Å². The molecule has 1 saturated carbocycles. The van der Waals surface area contributed by atoms with Gasteiger partial charge in [-0.05, 0) is 25.2 Å². The second kappa shape index (κ2) is 7.76. The molecule has 20 heavy (non-hydrogen) atoms. The average molecular weight is 303 g/mol. The van der Waals surface area contributed by atoms with Gasteiger partial charge in [0.05, 0.1) is 6.42 Å². The van der Waals surface area contributed by atoms with Crippen molar-refractivity contribution in [2.75, 3.05) is 12.0 Å².